The Morgan fingerprint density at radius 2 is 1.83 bits per heavy atom. The van der Waals surface area contributed by atoms with Gasteiger partial charge in [-0.25, -0.2) is 4.79 Å². The van der Waals surface area contributed by atoms with E-state index >= 15 is 0 Å². The van der Waals surface area contributed by atoms with Crippen LogP contribution in [0.4, 0.5) is 0 Å². The molecule has 1 aromatic carbocycles. The minimum absolute atomic E-state index is 0.238. The molecular weight excluding hydrogens is 334 g/mol. The Morgan fingerprint density at radius 1 is 1.25 bits per heavy atom. The Bertz CT molecular complexity index is 553. The maximum Gasteiger partial charge on any atom is 0.326 e. The number of carbonyl (C=O) groups is 2. The molecule has 1 amide bonds. The second-order valence-corrected chi connectivity index (χ2v) is 5.77. The Morgan fingerprint density at radius 3 is 2.25 bits per heavy atom. The van der Waals surface area contributed by atoms with Crippen molar-refractivity contribution in [3.8, 4) is 17.2 Å². The van der Waals surface area contributed by atoms with Gasteiger partial charge in [0.1, 0.15) is 6.04 Å². The average Bonchev–Trinajstić information content (AvgIpc) is 2.58. The molecule has 0 heterocycles. The van der Waals surface area contributed by atoms with E-state index in [9.17, 15) is 14.7 Å². The molecule has 0 aliphatic heterocycles. The van der Waals surface area contributed by atoms with Crippen molar-refractivity contribution >= 4 is 23.6 Å². The van der Waals surface area contributed by atoms with Gasteiger partial charge in [-0.15, -0.1) is 0 Å². The first-order valence-corrected chi connectivity index (χ1v) is 8.79. The number of ether oxygens (including phenoxy) is 3. The normalized spacial score (nSPS) is 11.5. The predicted molar refractivity (Wildman–Crippen MR) is 92.6 cm³/mol. The smallest absolute Gasteiger partial charge is 0.326 e. The van der Waals surface area contributed by atoms with E-state index in [4.69, 9.17) is 14.2 Å². The zero-order chi connectivity index (χ0) is 18.1. The lowest BCUT2D eigenvalue weighted by molar-refractivity contribution is -0.139. The monoisotopic (exact) mass is 357 g/mol. The van der Waals surface area contributed by atoms with Crippen LogP contribution >= 0.6 is 11.8 Å². The van der Waals surface area contributed by atoms with E-state index in [-0.39, 0.29) is 5.56 Å². The second kappa shape index (κ2) is 9.92. The third-order valence-electron chi connectivity index (χ3n) is 3.23. The quantitative estimate of drug-likeness (QED) is 0.662. The maximum absolute atomic E-state index is 12.4. The number of carboxylic acids is 1. The molecule has 134 valence electrons. The first-order valence-electron chi connectivity index (χ1n) is 7.39. The fourth-order valence-electron chi connectivity index (χ4n) is 2.03. The number of thioether (sulfide) groups is 1. The highest BCUT2D eigenvalue weighted by Crippen LogP contribution is 2.38. The highest BCUT2D eigenvalue weighted by molar-refractivity contribution is 7.98. The van der Waals surface area contributed by atoms with Crippen molar-refractivity contribution in [1.29, 1.82) is 0 Å². The summed E-state index contributed by atoms with van der Waals surface area (Å²) < 4.78 is 16.0. The molecule has 1 atom stereocenters. The topological polar surface area (TPSA) is 94.1 Å². The molecule has 0 bridgehead atoms. The van der Waals surface area contributed by atoms with Crippen LogP contribution in [0.3, 0.4) is 0 Å². The maximum atomic E-state index is 12.4. The summed E-state index contributed by atoms with van der Waals surface area (Å²) in [5.41, 5.74) is 0.238. The van der Waals surface area contributed by atoms with E-state index in [1.807, 2.05) is 13.2 Å². The molecule has 1 rings (SSSR count). The van der Waals surface area contributed by atoms with Gasteiger partial charge in [0.2, 0.25) is 5.75 Å². The Labute approximate surface area is 145 Å². The van der Waals surface area contributed by atoms with Crippen molar-refractivity contribution in [2.45, 2.75) is 19.4 Å². The number of aliphatic carboxylic acids is 1. The van der Waals surface area contributed by atoms with Gasteiger partial charge in [-0.05, 0) is 37.5 Å². The van der Waals surface area contributed by atoms with Crippen LogP contribution in [0.5, 0.6) is 17.2 Å². The molecule has 0 aliphatic carbocycles. The number of nitrogens with one attached hydrogen (secondary N) is 1. The van der Waals surface area contributed by atoms with Gasteiger partial charge in [0.15, 0.2) is 11.5 Å². The lowest BCUT2D eigenvalue weighted by atomic mass is 10.1. The zero-order valence-corrected chi connectivity index (χ0v) is 15.1. The minimum Gasteiger partial charge on any atom is -0.493 e. The van der Waals surface area contributed by atoms with Gasteiger partial charge < -0.3 is 24.6 Å². The van der Waals surface area contributed by atoms with Crippen molar-refractivity contribution in [2.24, 2.45) is 0 Å². The van der Waals surface area contributed by atoms with Crippen molar-refractivity contribution < 1.29 is 28.9 Å². The third kappa shape index (κ3) is 5.23. The van der Waals surface area contributed by atoms with Crippen LogP contribution in [0.1, 0.15) is 23.7 Å². The van der Waals surface area contributed by atoms with Crippen LogP contribution in [0.15, 0.2) is 12.1 Å². The number of benzene rings is 1. The summed E-state index contributed by atoms with van der Waals surface area (Å²) >= 11 is 1.52. The fourth-order valence-corrected chi connectivity index (χ4v) is 2.50. The second-order valence-electron chi connectivity index (χ2n) is 4.79. The van der Waals surface area contributed by atoms with Crippen LogP contribution in [-0.4, -0.2) is 55.9 Å². The molecule has 0 spiro atoms. The summed E-state index contributed by atoms with van der Waals surface area (Å²) in [5, 5.41) is 11.7. The van der Waals surface area contributed by atoms with E-state index in [0.29, 0.717) is 36.0 Å². The van der Waals surface area contributed by atoms with E-state index < -0.39 is 17.9 Å². The molecule has 0 saturated carbocycles. The lowest BCUT2D eigenvalue weighted by Crippen LogP contribution is -2.41. The molecule has 2 N–H and O–H groups in total. The first-order chi connectivity index (χ1) is 11.5. The zero-order valence-electron chi connectivity index (χ0n) is 14.3. The molecule has 0 aromatic heterocycles. The summed E-state index contributed by atoms with van der Waals surface area (Å²) in [7, 11) is 2.91. The number of rotatable bonds is 10. The number of hydrogen-bond donors (Lipinski definition) is 2. The molecule has 0 radical (unpaired) electrons. The van der Waals surface area contributed by atoms with Gasteiger partial charge in [0, 0.05) is 5.56 Å². The molecule has 0 saturated heterocycles. The van der Waals surface area contributed by atoms with E-state index in [0.717, 1.165) is 0 Å². The van der Waals surface area contributed by atoms with Crippen LogP contribution < -0.4 is 19.5 Å². The van der Waals surface area contributed by atoms with Gasteiger partial charge in [0.05, 0.1) is 20.8 Å². The van der Waals surface area contributed by atoms with Crippen molar-refractivity contribution in [1.82, 2.24) is 5.32 Å². The number of methoxy groups -OCH3 is 2. The highest BCUT2D eigenvalue weighted by Gasteiger charge is 2.22. The summed E-state index contributed by atoms with van der Waals surface area (Å²) in [6, 6.07) is 2.04. The third-order valence-corrected chi connectivity index (χ3v) is 3.87. The predicted octanol–water partition coefficient (Wildman–Crippen LogP) is 2.04. The lowest BCUT2D eigenvalue weighted by Gasteiger charge is -2.17. The van der Waals surface area contributed by atoms with E-state index in [1.54, 1.807) is 0 Å². The summed E-state index contributed by atoms with van der Waals surface area (Å²) in [5.74, 6) is 0.143. The number of hydrogen-bond acceptors (Lipinski definition) is 6. The molecular formula is C16H23NO6S. The van der Waals surface area contributed by atoms with Crippen molar-refractivity contribution in [3.05, 3.63) is 17.7 Å². The van der Waals surface area contributed by atoms with E-state index in [2.05, 4.69) is 5.32 Å². The van der Waals surface area contributed by atoms with Crippen molar-refractivity contribution in [3.63, 3.8) is 0 Å². The summed E-state index contributed by atoms with van der Waals surface area (Å²) in [6.07, 6.45) is 2.22. The number of carboxylic acid groups (broad SMARTS) is 1. The van der Waals surface area contributed by atoms with Crippen LogP contribution in [0, 0.1) is 0 Å². The van der Waals surface area contributed by atoms with Crippen LogP contribution in [0.25, 0.3) is 0 Å². The van der Waals surface area contributed by atoms with Gasteiger partial charge in [-0.1, -0.05) is 0 Å². The summed E-state index contributed by atoms with van der Waals surface area (Å²) in [6.45, 7) is 2.23. The first kappa shape index (κ1) is 20.0. The molecule has 8 heteroatoms. The Kier molecular flexibility index (Phi) is 8.25. The van der Waals surface area contributed by atoms with Gasteiger partial charge in [-0.2, -0.15) is 11.8 Å². The molecule has 0 fully saturated rings. The molecule has 0 aliphatic rings. The molecule has 0 unspecified atom stereocenters. The SMILES string of the molecule is CCOc1c(OC)cc(C(=O)N[C@@H](CCSC)C(=O)O)cc1OC. The van der Waals surface area contributed by atoms with Gasteiger partial charge >= 0.3 is 5.97 Å². The fraction of sp³-hybridized carbons (Fsp3) is 0.500. The minimum atomic E-state index is -1.07. The standard InChI is InChI=1S/C16H23NO6S/c1-5-23-14-12(21-2)8-10(9-13(14)22-3)15(18)17-11(16(19)20)6-7-24-4/h8-9,11H,5-7H2,1-4H3,(H,17,18)(H,19,20)/t11-/m0/s1. The molecule has 24 heavy (non-hydrogen) atoms. The number of carbonyl (C=O) groups excluding carboxylic acids is 1. The number of amides is 1. The van der Waals surface area contributed by atoms with Gasteiger partial charge in [0.25, 0.3) is 5.91 Å². The molecule has 7 nitrogen and oxygen atoms in total. The average molecular weight is 357 g/mol. The van der Waals surface area contributed by atoms with Crippen LogP contribution in [0.2, 0.25) is 0 Å². The van der Waals surface area contributed by atoms with Crippen molar-refractivity contribution in [2.75, 3.05) is 32.8 Å². The summed E-state index contributed by atoms with van der Waals surface area (Å²) in [4.78, 5) is 23.7. The Hall–Kier alpha value is -2.09. The van der Waals surface area contributed by atoms with E-state index in [1.165, 1.54) is 38.1 Å². The van der Waals surface area contributed by atoms with Crippen LogP contribution in [-0.2, 0) is 4.79 Å². The largest absolute Gasteiger partial charge is 0.493 e. The highest BCUT2D eigenvalue weighted by atomic mass is 32.2. The van der Waals surface area contributed by atoms with Gasteiger partial charge in [-0.3, -0.25) is 4.79 Å². The Balaban J connectivity index is 3.07. The molecule has 1 aromatic rings.